The van der Waals surface area contributed by atoms with Gasteiger partial charge >= 0.3 is 0 Å². The second kappa shape index (κ2) is 17.0. The molecular weight excluding hydrogens is 773 g/mol. The lowest BCUT2D eigenvalue weighted by Crippen LogP contribution is -1.99. The van der Waals surface area contributed by atoms with Gasteiger partial charge in [-0.1, -0.05) is 184 Å². The summed E-state index contributed by atoms with van der Waals surface area (Å²) in [4.78, 5) is 0. The van der Waals surface area contributed by atoms with Gasteiger partial charge in [-0.15, -0.1) is 0 Å². The molecule has 0 radical (unpaired) electrons. The lowest BCUT2D eigenvalue weighted by Gasteiger charge is -2.16. The van der Waals surface area contributed by atoms with Crippen LogP contribution in [0.15, 0.2) is 206 Å². The highest BCUT2D eigenvalue weighted by molar-refractivity contribution is 6.29. The van der Waals surface area contributed by atoms with Crippen molar-refractivity contribution in [3.8, 4) is 55.9 Å². The number of aromatic nitrogens is 2. The molecular formula is C62H52N2. The summed E-state index contributed by atoms with van der Waals surface area (Å²) in [6.45, 7) is 4.53. The maximum atomic E-state index is 2.52. The molecule has 2 aromatic heterocycles. The van der Waals surface area contributed by atoms with Gasteiger partial charge in [0.15, 0.2) is 0 Å². The molecule has 0 N–H and O–H groups in total. The van der Waals surface area contributed by atoms with Crippen molar-refractivity contribution in [2.75, 3.05) is 0 Å². The van der Waals surface area contributed by atoms with E-state index in [9.17, 15) is 0 Å². The molecule has 0 saturated heterocycles. The summed E-state index contributed by atoms with van der Waals surface area (Å²) in [6, 6.07) is 76.9. The average molecular weight is 825 g/mol. The average Bonchev–Trinajstić information content (AvgIpc) is 3.88. The zero-order valence-corrected chi connectivity index (χ0v) is 36.8. The molecule has 9 aromatic carbocycles. The van der Waals surface area contributed by atoms with E-state index in [0.29, 0.717) is 0 Å². The first kappa shape index (κ1) is 39.4. The molecule has 0 aliphatic rings. The molecule has 0 bridgehead atoms. The fraction of sp³-hybridized carbons (Fsp3) is 0.129. The third-order valence-electron chi connectivity index (χ3n) is 13.3. The van der Waals surface area contributed by atoms with Crippen LogP contribution in [0.5, 0.6) is 0 Å². The Balaban J connectivity index is 1.05. The van der Waals surface area contributed by atoms with Crippen molar-refractivity contribution in [2.24, 2.45) is 0 Å². The third kappa shape index (κ3) is 7.10. The molecule has 0 aliphatic heterocycles. The van der Waals surface area contributed by atoms with Crippen LogP contribution in [-0.2, 0) is 12.8 Å². The van der Waals surface area contributed by atoms with Crippen molar-refractivity contribution in [3.63, 3.8) is 0 Å². The molecule has 0 saturated carbocycles. The van der Waals surface area contributed by atoms with Gasteiger partial charge < -0.3 is 9.13 Å². The number of fused-ring (bicyclic) bond motifs is 7. The summed E-state index contributed by atoms with van der Waals surface area (Å²) < 4.78 is 4.99. The van der Waals surface area contributed by atoms with E-state index in [-0.39, 0.29) is 0 Å². The van der Waals surface area contributed by atoms with Crippen molar-refractivity contribution in [1.29, 1.82) is 0 Å². The van der Waals surface area contributed by atoms with Gasteiger partial charge in [0.05, 0.1) is 27.8 Å². The highest BCUT2D eigenvalue weighted by atomic mass is 15.0. The van der Waals surface area contributed by atoms with Crippen molar-refractivity contribution in [1.82, 2.24) is 9.13 Å². The SMILES string of the molecule is CCCCc1ccc(-c2ccc(-c3cccc(-n4c5ccccc5c5c6c7ccccc7n(-c7ccc(CCCC)cc7-c7ccc(-c8ccccc8)cc7)c6ccc54)c3)cc2)cc1. The van der Waals surface area contributed by atoms with Crippen LogP contribution < -0.4 is 0 Å². The first-order chi connectivity index (χ1) is 31.7. The number of unbranched alkanes of at least 4 members (excludes halogenated alkanes) is 2. The third-order valence-corrected chi connectivity index (χ3v) is 13.3. The minimum absolute atomic E-state index is 1.07. The minimum atomic E-state index is 1.07. The van der Waals surface area contributed by atoms with Gasteiger partial charge in [0, 0.05) is 32.8 Å². The Morgan fingerprint density at radius 2 is 0.797 bits per heavy atom. The van der Waals surface area contributed by atoms with E-state index in [2.05, 4.69) is 229 Å². The lowest BCUT2D eigenvalue weighted by molar-refractivity contribution is 0.795. The second-order valence-corrected chi connectivity index (χ2v) is 17.4. The minimum Gasteiger partial charge on any atom is -0.309 e. The van der Waals surface area contributed by atoms with Gasteiger partial charge in [0.1, 0.15) is 0 Å². The maximum Gasteiger partial charge on any atom is 0.0549 e. The summed E-state index contributed by atoms with van der Waals surface area (Å²) in [5.74, 6) is 0. The molecule has 11 rings (SSSR count). The largest absolute Gasteiger partial charge is 0.309 e. The fourth-order valence-electron chi connectivity index (χ4n) is 10.00. The van der Waals surface area contributed by atoms with Gasteiger partial charge in [0.25, 0.3) is 0 Å². The summed E-state index contributed by atoms with van der Waals surface area (Å²) in [7, 11) is 0. The van der Waals surface area contributed by atoms with Gasteiger partial charge in [-0.05, 0) is 124 Å². The zero-order valence-electron chi connectivity index (χ0n) is 36.8. The van der Waals surface area contributed by atoms with Crippen molar-refractivity contribution in [3.05, 3.63) is 217 Å². The molecule has 0 fully saturated rings. The van der Waals surface area contributed by atoms with Crippen LogP contribution in [0, 0.1) is 0 Å². The highest BCUT2D eigenvalue weighted by Crippen LogP contribution is 2.44. The van der Waals surface area contributed by atoms with Gasteiger partial charge in [-0.25, -0.2) is 0 Å². The standard InChI is InChI=1S/C62H52N2/c1-3-5-15-43-25-28-46(29-26-43)48-30-32-49(33-31-48)51-19-14-20-52(42-51)63-56-23-12-10-21-53(56)61-59(63)39-40-60-62(61)54-22-11-13-24-57(54)64(60)58-38-27-44(16-6-4-2)41-55(58)50-36-34-47(35-37-50)45-17-8-7-9-18-45/h7-14,17-42H,3-6,15-16H2,1-2H3. The number of hydrogen-bond donors (Lipinski definition) is 0. The summed E-state index contributed by atoms with van der Waals surface area (Å²) >= 11 is 0. The molecule has 0 spiro atoms. The fourth-order valence-corrected chi connectivity index (χ4v) is 10.00. The molecule has 0 aliphatic carbocycles. The van der Waals surface area contributed by atoms with E-state index in [0.717, 1.165) is 18.5 Å². The first-order valence-electron chi connectivity index (χ1n) is 23.2. The Morgan fingerprint density at radius 1 is 0.328 bits per heavy atom. The highest BCUT2D eigenvalue weighted by Gasteiger charge is 2.22. The van der Waals surface area contributed by atoms with E-state index in [4.69, 9.17) is 0 Å². The number of rotatable bonds is 12. The normalized spacial score (nSPS) is 11.7. The topological polar surface area (TPSA) is 9.86 Å². The van der Waals surface area contributed by atoms with E-state index in [1.165, 1.54) is 131 Å². The van der Waals surface area contributed by atoms with Crippen LogP contribution >= 0.6 is 0 Å². The first-order valence-corrected chi connectivity index (χ1v) is 23.2. The van der Waals surface area contributed by atoms with E-state index >= 15 is 0 Å². The second-order valence-electron chi connectivity index (χ2n) is 17.4. The quantitative estimate of drug-likeness (QED) is 0.116. The Kier molecular flexibility index (Phi) is 10.5. The van der Waals surface area contributed by atoms with Crippen LogP contribution in [0.3, 0.4) is 0 Å². The summed E-state index contributed by atoms with van der Waals surface area (Å²) in [6.07, 6.45) is 7.01. The Hall–Kier alpha value is -7.42. The van der Waals surface area contributed by atoms with E-state index in [1.54, 1.807) is 0 Å². The molecule has 0 amide bonds. The molecule has 0 atom stereocenters. The van der Waals surface area contributed by atoms with Gasteiger partial charge in [-0.3, -0.25) is 0 Å². The monoisotopic (exact) mass is 824 g/mol. The van der Waals surface area contributed by atoms with Gasteiger partial charge in [0.2, 0.25) is 0 Å². The van der Waals surface area contributed by atoms with Crippen LogP contribution in [0.4, 0.5) is 0 Å². The number of aryl methyl sites for hydroxylation is 2. The number of benzene rings is 9. The van der Waals surface area contributed by atoms with E-state index in [1.807, 2.05) is 0 Å². The Bertz CT molecular complexity index is 3420. The molecule has 2 nitrogen and oxygen atoms in total. The van der Waals surface area contributed by atoms with Crippen LogP contribution in [0.2, 0.25) is 0 Å². The van der Waals surface area contributed by atoms with Crippen molar-refractivity contribution < 1.29 is 0 Å². The van der Waals surface area contributed by atoms with E-state index < -0.39 is 0 Å². The maximum absolute atomic E-state index is 2.52. The molecule has 64 heavy (non-hydrogen) atoms. The predicted octanol–water partition coefficient (Wildman–Crippen LogP) is 17.2. The van der Waals surface area contributed by atoms with Gasteiger partial charge in [-0.2, -0.15) is 0 Å². The number of nitrogens with zero attached hydrogens (tertiary/aromatic N) is 2. The van der Waals surface area contributed by atoms with Crippen LogP contribution in [0.1, 0.15) is 50.7 Å². The summed E-state index contributed by atoms with van der Waals surface area (Å²) in [5, 5.41) is 5.09. The molecule has 2 heteroatoms. The predicted molar refractivity (Wildman–Crippen MR) is 274 cm³/mol. The van der Waals surface area contributed by atoms with Crippen molar-refractivity contribution >= 4 is 43.6 Å². The molecule has 310 valence electrons. The molecule has 11 aromatic rings. The molecule has 0 unspecified atom stereocenters. The van der Waals surface area contributed by atoms with Crippen molar-refractivity contribution in [2.45, 2.75) is 52.4 Å². The number of para-hydroxylation sites is 2. The molecule has 2 heterocycles. The Morgan fingerprint density at radius 3 is 1.42 bits per heavy atom. The van der Waals surface area contributed by atoms with Crippen LogP contribution in [0.25, 0.3) is 99.5 Å². The smallest absolute Gasteiger partial charge is 0.0549 e. The van der Waals surface area contributed by atoms with Crippen LogP contribution in [-0.4, -0.2) is 9.13 Å². The zero-order chi connectivity index (χ0) is 43.0. The lowest BCUT2D eigenvalue weighted by atomic mass is 9.96. The number of hydrogen-bond acceptors (Lipinski definition) is 0. The Labute approximate surface area is 376 Å². The summed E-state index contributed by atoms with van der Waals surface area (Å²) in [5.41, 5.74) is 19.8.